The van der Waals surface area contributed by atoms with Crippen molar-refractivity contribution in [3.63, 3.8) is 0 Å². The molecule has 0 radical (unpaired) electrons. The van der Waals surface area contributed by atoms with Crippen molar-refractivity contribution in [2.24, 2.45) is 0 Å². The van der Waals surface area contributed by atoms with Crippen LogP contribution in [0.25, 0.3) is 11.7 Å². The molecule has 3 aromatic heterocycles. The van der Waals surface area contributed by atoms with Crippen LogP contribution in [0.2, 0.25) is 0 Å². The molecule has 0 atom stereocenters. The highest BCUT2D eigenvalue weighted by Crippen LogP contribution is 2.38. The van der Waals surface area contributed by atoms with Gasteiger partial charge in [-0.3, -0.25) is 5.10 Å². The third kappa shape index (κ3) is 2.34. The summed E-state index contributed by atoms with van der Waals surface area (Å²) in [5.74, 6) is 3.58. The van der Waals surface area contributed by atoms with Gasteiger partial charge >= 0.3 is 0 Å². The summed E-state index contributed by atoms with van der Waals surface area (Å²) in [7, 11) is 0. The first kappa shape index (κ1) is 11.7. The van der Waals surface area contributed by atoms with Crippen molar-refractivity contribution in [1.82, 2.24) is 25.4 Å². The van der Waals surface area contributed by atoms with E-state index in [1.54, 1.807) is 18.4 Å². The summed E-state index contributed by atoms with van der Waals surface area (Å²) in [6.07, 6.45) is 3.98. The maximum atomic E-state index is 5.51. The van der Waals surface area contributed by atoms with Crippen LogP contribution in [0, 0.1) is 0 Å². The quantitative estimate of drug-likeness (QED) is 0.721. The monoisotopic (exact) mass is 289 g/mol. The molecule has 1 aliphatic carbocycles. The van der Waals surface area contributed by atoms with Crippen LogP contribution in [0.5, 0.6) is 0 Å². The molecular weight excluding hydrogens is 278 g/mol. The van der Waals surface area contributed by atoms with E-state index in [-0.39, 0.29) is 0 Å². The predicted molar refractivity (Wildman–Crippen MR) is 69.9 cm³/mol. The van der Waals surface area contributed by atoms with Gasteiger partial charge in [0.15, 0.2) is 5.76 Å². The van der Waals surface area contributed by atoms with Crippen molar-refractivity contribution in [2.75, 3.05) is 0 Å². The van der Waals surface area contributed by atoms with Gasteiger partial charge in [0, 0.05) is 5.92 Å². The first-order chi connectivity index (χ1) is 9.88. The van der Waals surface area contributed by atoms with E-state index in [0.717, 1.165) is 5.82 Å². The molecule has 7 nitrogen and oxygen atoms in total. The Morgan fingerprint density at radius 3 is 3.10 bits per heavy atom. The van der Waals surface area contributed by atoms with E-state index >= 15 is 0 Å². The lowest BCUT2D eigenvalue weighted by Crippen LogP contribution is -1.83. The number of hydrogen-bond donors (Lipinski definition) is 1. The van der Waals surface area contributed by atoms with Gasteiger partial charge in [-0.1, -0.05) is 11.8 Å². The van der Waals surface area contributed by atoms with E-state index in [2.05, 4.69) is 25.4 Å². The lowest BCUT2D eigenvalue weighted by molar-refractivity contribution is 0.494. The van der Waals surface area contributed by atoms with Crippen LogP contribution in [0.15, 0.2) is 32.4 Å². The molecule has 0 aromatic carbocycles. The van der Waals surface area contributed by atoms with Crippen LogP contribution in [0.1, 0.15) is 30.5 Å². The molecule has 0 unspecified atom stereocenters. The average molecular weight is 289 g/mol. The Balaban J connectivity index is 1.41. The normalized spacial score (nSPS) is 14.8. The Morgan fingerprint density at radius 1 is 1.35 bits per heavy atom. The number of furan rings is 1. The molecule has 0 aliphatic heterocycles. The van der Waals surface area contributed by atoms with Crippen molar-refractivity contribution in [3.05, 3.63) is 30.1 Å². The van der Waals surface area contributed by atoms with E-state index in [4.69, 9.17) is 8.83 Å². The minimum Gasteiger partial charge on any atom is -0.459 e. The zero-order valence-electron chi connectivity index (χ0n) is 10.4. The number of nitrogens with zero attached hydrogens (tertiary/aromatic N) is 4. The van der Waals surface area contributed by atoms with Crippen LogP contribution in [0.3, 0.4) is 0 Å². The molecule has 3 heterocycles. The van der Waals surface area contributed by atoms with Gasteiger partial charge < -0.3 is 8.83 Å². The van der Waals surface area contributed by atoms with E-state index in [9.17, 15) is 0 Å². The van der Waals surface area contributed by atoms with Gasteiger partial charge in [-0.2, -0.15) is 0 Å². The minimum atomic E-state index is 0.388. The summed E-state index contributed by atoms with van der Waals surface area (Å²) in [6.45, 7) is 0. The molecule has 0 amide bonds. The van der Waals surface area contributed by atoms with Gasteiger partial charge in [-0.15, -0.1) is 15.3 Å². The van der Waals surface area contributed by atoms with E-state index < -0.39 is 0 Å². The Bertz CT molecular complexity index is 701. The van der Waals surface area contributed by atoms with E-state index in [1.165, 1.54) is 24.6 Å². The van der Waals surface area contributed by atoms with Gasteiger partial charge in [0.1, 0.15) is 5.82 Å². The molecule has 0 spiro atoms. The topological polar surface area (TPSA) is 93.6 Å². The highest BCUT2D eigenvalue weighted by atomic mass is 32.2. The summed E-state index contributed by atoms with van der Waals surface area (Å²) in [4.78, 5) is 4.43. The van der Waals surface area contributed by atoms with Gasteiger partial charge in [0.2, 0.25) is 11.0 Å². The van der Waals surface area contributed by atoms with Crippen molar-refractivity contribution in [3.8, 4) is 11.7 Å². The van der Waals surface area contributed by atoms with Gasteiger partial charge in [-0.05, 0) is 25.0 Å². The minimum absolute atomic E-state index is 0.388. The summed E-state index contributed by atoms with van der Waals surface area (Å²) in [5.41, 5.74) is 0. The number of thioether (sulfide) groups is 1. The second-order valence-corrected chi connectivity index (χ2v) is 5.49. The third-order valence-corrected chi connectivity index (χ3v) is 3.80. The van der Waals surface area contributed by atoms with Crippen LogP contribution in [0.4, 0.5) is 0 Å². The number of aromatic amines is 1. The molecule has 20 heavy (non-hydrogen) atoms. The fourth-order valence-corrected chi connectivity index (χ4v) is 2.44. The summed E-state index contributed by atoms with van der Waals surface area (Å²) < 4.78 is 10.7. The third-order valence-electron chi connectivity index (χ3n) is 2.97. The zero-order valence-corrected chi connectivity index (χ0v) is 11.3. The Morgan fingerprint density at radius 2 is 2.30 bits per heavy atom. The van der Waals surface area contributed by atoms with Gasteiger partial charge in [0.25, 0.3) is 5.89 Å². The molecular formula is C12H11N5O2S. The maximum Gasteiger partial charge on any atom is 0.283 e. The van der Waals surface area contributed by atoms with E-state index in [0.29, 0.717) is 34.4 Å². The molecule has 1 saturated carbocycles. The molecule has 4 rings (SSSR count). The van der Waals surface area contributed by atoms with Gasteiger partial charge in [-0.25, -0.2) is 4.98 Å². The number of nitrogens with one attached hydrogen (secondary N) is 1. The molecule has 1 N–H and O–H groups in total. The first-order valence-corrected chi connectivity index (χ1v) is 7.28. The second-order valence-electron chi connectivity index (χ2n) is 4.54. The highest BCUT2D eigenvalue weighted by Gasteiger charge is 2.27. The van der Waals surface area contributed by atoms with Crippen LogP contribution in [-0.4, -0.2) is 25.4 Å². The van der Waals surface area contributed by atoms with Crippen molar-refractivity contribution < 1.29 is 8.83 Å². The molecule has 0 saturated heterocycles. The number of H-pyrrole nitrogens is 1. The lowest BCUT2D eigenvalue weighted by Gasteiger charge is -1.90. The predicted octanol–water partition coefficient (Wildman–Crippen LogP) is 2.62. The molecule has 102 valence electrons. The summed E-state index contributed by atoms with van der Waals surface area (Å²) >= 11 is 1.47. The van der Waals surface area contributed by atoms with Crippen molar-refractivity contribution in [2.45, 2.75) is 29.7 Å². The average Bonchev–Trinajstić information content (AvgIpc) is 2.93. The molecule has 0 bridgehead atoms. The first-order valence-electron chi connectivity index (χ1n) is 6.30. The number of rotatable bonds is 5. The fraction of sp³-hybridized carbons (Fsp3) is 0.333. The Kier molecular flexibility index (Phi) is 2.80. The second kappa shape index (κ2) is 4.78. The molecule has 3 aromatic rings. The molecule has 1 fully saturated rings. The fourth-order valence-electron chi connectivity index (χ4n) is 1.80. The molecule has 1 aliphatic rings. The van der Waals surface area contributed by atoms with Crippen LogP contribution >= 0.6 is 11.8 Å². The lowest BCUT2D eigenvalue weighted by atomic mass is 10.4. The standard InChI is InChI=1S/C12H11N5O2S/c1-2-8(18-5-1)11-16-14-9(19-11)6-20-12-13-10(15-17-12)7-3-4-7/h1-2,5,7H,3-4,6H2,(H,13,15,17). The SMILES string of the molecule is c1coc(-c2nnc(CSc3n[nH]c(C4CC4)n3)o2)c1. The summed E-state index contributed by atoms with van der Waals surface area (Å²) in [5, 5.41) is 15.8. The highest BCUT2D eigenvalue weighted by molar-refractivity contribution is 7.98. The van der Waals surface area contributed by atoms with E-state index in [1.807, 2.05) is 0 Å². The summed E-state index contributed by atoms with van der Waals surface area (Å²) in [6, 6.07) is 3.56. The molecule has 8 heteroatoms. The van der Waals surface area contributed by atoms with Crippen molar-refractivity contribution >= 4 is 11.8 Å². The van der Waals surface area contributed by atoms with Crippen LogP contribution in [-0.2, 0) is 5.75 Å². The smallest absolute Gasteiger partial charge is 0.283 e. The Labute approximate surface area is 118 Å². The largest absolute Gasteiger partial charge is 0.459 e. The maximum absolute atomic E-state index is 5.51. The van der Waals surface area contributed by atoms with Crippen LogP contribution < -0.4 is 0 Å². The van der Waals surface area contributed by atoms with Crippen molar-refractivity contribution in [1.29, 1.82) is 0 Å². The Hall–Kier alpha value is -2.09. The number of hydrogen-bond acceptors (Lipinski definition) is 7. The number of aromatic nitrogens is 5. The van der Waals surface area contributed by atoms with Gasteiger partial charge in [0.05, 0.1) is 12.0 Å². The zero-order chi connectivity index (χ0) is 13.4.